The minimum Gasteiger partial charge on any atom is -0.328 e. The van der Waals surface area contributed by atoms with Crippen molar-refractivity contribution in [3.8, 4) is 6.07 Å². The molecule has 0 bridgehead atoms. The van der Waals surface area contributed by atoms with Gasteiger partial charge in [0.2, 0.25) is 0 Å². The number of halogens is 1. The van der Waals surface area contributed by atoms with Crippen LogP contribution in [0.25, 0.3) is 0 Å². The van der Waals surface area contributed by atoms with Crippen LogP contribution in [0.2, 0.25) is 0 Å². The van der Waals surface area contributed by atoms with Crippen LogP contribution in [0.5, 0.6) is 0 Å². The summed E-state index contributed by atoms with van der Waals surface area (Å²) >= 11 is 0. The van der Waals surface area contributed by atoms with Gasteiger partial charge in [-0.3, -0.25) is 4.68 Å². The Balaban J connectivity index is 2.53. The molecule has 1 aromatic heterocycles. The summed E-state index contributed by atoms with van der Waals surface area (Å²) in [5.74, 6) is 0.345. The topological polar surface area (TPSA) is 44.9 Å². The summed E-state index contributed by atoms with van der Waals surface area (Å²) in [6.07, 6.45) is 0. The van der Waals surface area contributed by atoms with Gasteiger partial charge >= 0.3 is 0 Å². The normalized spacial score (nSPS) is 10.2. The summed E-state index contributed by atoms with van der Waals surface area (Å²) < 4.78 is 14.8. The van der Waals surface area contributed by atoms with Crippen molar-refractivity contribution in [2.24, 2.45) is 7.05 Å². The highest BCUT2D eigenvalue weighted by atomic mass is 19.1. The smallest absolute Gasteiger partial charge is 0.149 e. The Hall–Kier alpha value is -2.35. The van der Waals surface area contributed by atoms with Crippen LogP contribution in [0.15, 0.2) is 24.3 Å². The number of anilines is 2. The number of hydrogen-bond acceptors (Lipinski definition) is 3. The van der Waals surface area contributed by atoms with Crippen molar-refractivity contribution in [1.29, 1.82) is 5.26 Å². The zero-order chi connectivity index (χ0) is 13.3. The average Bonchev–Trinajstić information content (AvgIpc) is 2.62. The Labute approximate surface area is 105 Å². The molecule has 0 unspecified atom stereocenters. The average molecular weight is 244 g/mol. The van der Waals surface area contributed by atoms with E-state index in [1.807, 2.05) is 0 Å². The van der Waals surface area contributed by atoms with Crippen LogP contribution in [0, 0.1) is 24.1 Å². The van der Waals surface area contributed by atoms with Gasteiger partial charge in [-0.15, -0.1) is 0 Å². The molecule has 0 radical (unpaired) electrons. The van der Waals surface area contributed by atoms with Crippen molar-refractivity contribution in [3.63, 3.8) is 0 Å². The summed E-state index contributed by atoms with van der Waals surface area (Å²) in [4.78, 5) is 1.75. The molecule has 4 nitrogen and oxygen atoms in total. The van der Waals surface area contributed by atoms with E-state index in [4.69, 9.17) is 5.26 Å². The van der Waals surface area contributed by atoms with E-state index >= 15 is 0 Å². The third-order valence-corrected chi connectivity index (χ3v) is 2.82. The molecule has 0 saturated heterocycles. The summed E-state index contributed by atoms with van der Waals surface area (Å²) in [6.45, 7) is 1.78. The second-order valence-corrected chi connectivity index (χ2v) is 4.06. The number of aromatic nitrogens is 2. The van der Waals surface area contributed by atoms with Gasteiger partial charge in [-0.1, -0.05) is 6.07 Å². The maximum atomic E-state index is 13.2. The summed E-state index contributed by atoms with van der Waals surface area (Å²) in [6, 6.07) is 8.36. The number of benzene rings is 1. The van der Waals surface area contributed by atoms with Crippen LogP contribution in [0.1, 0.15) is 11.3 Å². The Kier molecular flexibility index (Phi) is 3.02. The van der Waals surface area contributed by atoms with Crippen LogP contribution in [-0.2, 0) is 7.05 Å². The molecule has 2 rings (SSSR count). The lowest BCUT2D eigenvalue weighted by Gasteiger charge is -2.19. The predicted molar refractivity (Wildman–Crippen MR) is 67.1 cm³/mol. The van der Waals surface area contributed by atoms with E-state index in [0.717, 1.165) is 0 Å². The molecule has 0 amide bonds. The first-order chi connectivity index (χ1) is 8.54. The van der Waals surface area contributed by atoms with Crippen LogP contribution in [-0.4, -0.2) is 16.8 Å². The van der Waals surface area contributed by atoms with Crippen molar-refractivity contribution >= 4 is 11.5 Å². The van der Waals surface area contributed by atoms with E-state index in [9.17, 15) is 4.39 Å². The predicted octanol–water partition coefficient (Wildman–Crippen LogP) is 2.51. The van der Waals surface area contributed by atoms with Crippen molar-refractivity contribution < 1.29 is 4.39 Å². The van der Waals surface area contributed by atoms with Crippen LogP contribution < -0.4 is 4.90 Å². The Morgan fingerprint density at radius 1 is 1.44 bits per heavy atom. The molecule has 18 heavy (non-hydrogen) atoms. The molecule has 5 heteroatoms. The third-order valence-electron chi connectivity index (χ3n) is 2.82. The highest BCUT2D eigenvalue weighted by Gasteiger charge is 2.17. The number of aryl methyl sites for hydroxylation is 2. The fourth-order valence-electron chi connectivity index (χ4n) is 1.97. The third kappa shape index (κ3) is 1.93. The number of rotatable bonds is 2. The van der Waals surface area contributed by atoms with E-state index in [-0.39, 0.29) is 5.82 Å². The van der Waals surface area contributed by atoms with E-state index in [1.165, 1.54) is 12.1 Å². The standard InChI is InChI=1S/C13H13FN4/c1-9-12(8-15)13(18(3)16-9)17(2)11-6-4-5-10(14)7-11/h4-7H,1-3H3. The second-order valence-electron chi connectivity index (χ2n) is 4.06. The fourth-order valence-corrected chi connectivity index (χ4v) is 1.97. The van der Waals surface area contributed by atoms with Crippen molar-refractivity contribution in [2.45, 2.75) is 6.92 Å². The van der Waals surface area contributed by atoms with Crippen molar-refractivity contribution in [3.05, 3.63) is 41.3 Å². The van der Waals surface area contributed by atoms with Gasteiger partial charge in [0.15, 0.2) is 0 Å². The number of nitriles is 1. The molecular formula is C13H13FN4. The first kappa shape index (κ1) is 12.1. The highest BCUT2D eigenvalue weighted by molar-refractivity contribution is 5.66. The van der Waals surface area contributed by atoms with E-state index in [0.29, 0.717) is 22.8 Å². The largest absolute Gasteiger partial charge is 0.328 e. The van der Waals surface area contributed by atoms with E-state index < -0.39 is 0 Å². The molecule has 0 atom stereocenters. The lowest BCUT2D eigenvalue weighted by atomic mass is 10.2. The van der Waals surface area contributed by atoms with Crippen LogP contribution in [0.3, 0.4) is 0 Å². The maximum absolute atomic E-state index is 13.2. The maximum Gasteiger partial charge on any atom is 0.149 e. The molecule has 0 aliphatic heterocycles. The zero-order valence-electron chi connectivity index (χ0n) is 10.5. The van der Waals surface area contributed by atoms with Gasteiger partial charge in [-0.25, -0.2) is 4.39 Å². The molecule has 92 valence electrons. The Morgan fingerprint density at radius 2 is 2.17 bits per heavy atom. The van der Waals surface area contributed by atoms with Gasteiger partial charge in [-0.2, -0.15) is 10.4 Å². The summed E-state index contributed by atoms with van der Waals surface area (Å²) in [5.41, 5.74) is 1.84. The lowest BCUT2D eigenvalue weighted by molar-refractivity contribution is 0.627. The van der Waals surface area contributed by atoms with Gasteiger partial charge in [0.1, 0.15) is 23.3 Å². The molecular weight excluding hydrogens is 231 g/mol. The molecule has 1 aromatic carbocycles. The Bertz CT molecular complexity index is 624. The van der Waals surface area contributed by atoms with E-state index in [1.54, 1.807) is 42.7 Å². The van der Waals surface area contributed by atoms with Crippen molar-refractivity contribution in [2.75, 3.05) is 11.9 Å². The minimum atomic E-state index is -0.309. The number of nitrogens with zero attached hydrogens (tertiary/aromatic N) is 4. The van der Waals surface area contributed by atoms with Crippen LogP contribution >= 0.6 is 0 Å². The molecule has 2 aromatic rings. The van der Waals surface area contributed by atoms with Gasteiger partial charge < -0.3 is 4.90 Å². The van der Waals surface area contributed by atoms with Crippen LogP contribution in [0.4, 0.5) is 15.9 Å². The molecule has 0 fully saturated rings. The second kappa shape index (κ2) is 4.49. The summed E-state index contributed by atoms with van der Waals surface area (Å²) in [5, 5.41) is 13.4. The molecule has 1 heterocycles. The molecule has 0 aliphatic rings. The minimum absolute atomic E-state index is 0.309. The number of hydrogen-bond donors (Lipinski definition) is 0. The fraction of sp³-hybridized carbons (Fsp3) is 0.231. The monoisotopic (exact) mass is 244 g/mol. The molecule has 0 spiro atoms. The molecule has 0 N–H and O–H groups in total. The molecule has 0 saturated carbocycles. The van der Waals surface area contributed by atoms with E-state index in [2.05, 4.69) is 11.2 Å². The quantitative estimate of drug-likeness (QED) is 0.815. The Morgan fingerprint density at radius 3 is 2.78 bits per heavy atom. The highest BCUT2D eigenvalue weighted by Crippen LogP contribution is 2.28. The van der Waals surface area contributed by atoms with Gasteiger partial charge in [0, 0.05) is 19.8 Å². The van der Waals surface area contributed by atoms with Gasteiger partial charge in [-0.05, 0) is 25.1 Å². The van der Waals surface area contributed by atoms with Gasteiger partial charge in [0.25, 0.3) is 0 Å². The lowest BCUT2D eigenvalue weighted by Crippen LogP contribution is -2.14. The van der Waals surface area contributed by atoms with Crippen molar-refractivity contribution in [1.82, 2.24) is 9.78 Å². The first-order valence-electron chi connectivity index (χ1n) is 5.47. The van der Waals surface area contributed by atoms with Gasteiger partial charge in [0.05, 0.1) is 5.69 Å². The summed E-state index contributed by atoms with van der Waals surface area (Å²) in [7, 11) is 3.55. The molecule has 0 aliphatic carbocycles. The SMILES string of the molecule is Cc1nn(C)c(N(C)c2cccc(F)c2)c1C#N. The first-order valence-corrected chi connectivity index (χ1v) is 5.47. The zero-order valence-corrected chi connectivity index (χ0v) is 10.5.